The normalized spacial score (nSPS) is 16.3. The summed E-state index contributed by atoms with van der Waals surface area (Å²) in [7, 11) is 4.04. The van der Waals surface area contributed by atoms with E-state index in [1.165, 1.54) is 0 Å². The summed E-state index contributed by atoms with van der Waals surface area (Å²) in [4.78, 5) is 21.1. The molecule has 2 heterocycles. The van der Waals surface area contributed by atoms with Crippen LogP contribution in [0.1, 0.15) is 17.3 Å². The molecule has 0 spiro atoms. The third-order valence-corrected chi connectivity index (χ3v) is 4.46. The molecule has 7 heteroatoms. The number of hydrogen-bond donors (Lipinski definition) is 1. The number of carbonyl (C=O) groups is 1. The van der Waals surface area contributed by atoms with Crippen LogP contribution in [0.4, 0.5) is 5.69 Å². The van der Waals surface area contributed by atoms with Crippen molar-refractivity contribution in [2.24, 2.45) is 0 Å². The van der Waals surface area contributed by atoms with Gasteiger partial charge >= 0.3 is 0 Å². The zero-order chi connectivity index (χ0) is 17.1. The predicted octanol–water partition coefficient (Wildman–Crippen LogP) is 3.09. The fourth-order valence-electron chi connectivity index (χ4n) is 2.98. The lowest BCUT2D eigenvalue weighted by Gasteiger charge is -2.34. The molecule has 1 N–H and O–H groups in total. The molecule has 0 unspecified atom stereocenters. The van der Waals surface area contributed by atoms with Crippen LogP contribution in [-0.4, -0.2) is 55.6 Å². The molecule has 0 radical (unpaired) electrons. The third kappa shape index (κ3) is 4.87. The first-order valence-corrected chi connectivity index (χ1v) is 8.31. The van der Waals surface area contributed by atoms with E-state index in [-0.39, 0.29) is 36.8 Å². The number of nitrogens with zero attached hydrogens (tertiary/aromatic N) is 3. The Bertz CT molecular complexity index is 722. The van der Waals surface area contributed by atoms with Crippen molar-refractivity contribution in [1.82, 2.24) is 15.2 Å². The highest BCUT2D eigenvalue weighted by molar-refractivity contribution is 5.95. The quantitative estimate of drug-likeness (QED) is 0.865. The van der Waals surface area contributed by atoms with Crippen LogP contribution < -0.4 is 10.2 Å². The van der Waals surface area contributed by atoms with Crippen molar-refractivity contribution >= 4 is 36.4 Å². The maximum Gasteiger partial charge on any atom is 0.255 e. The number of carbonyl (C=O) groups excluding carboxylic acids is 1. The first-order chi connectivity index (χ1) is 11.6. The van der Waals surface area contributed by atoms with E-state index < -0.39 is 0 Å². The number of amides is 1. The van der Waals surface area contributed by atoms with Crippen molar-refractivity contribution < 1.29 is 4.79 Å². The zero-order valence-corrected chi connectivity index (χ0v) is 16.9. The number of hydrogen-bond acceptors (Lipinski definition) is 4. The van der Waals surface area contributed by atoms with Crippen LogP contribution >= 0.6 is 24.8 Å². The Kier molecular flexibility index (Phi) is 8.34. The molecule has 3 rings (SSSR count). The largest absolute Gasteiger partial charge is 0.378 e. The van der Waals surface area contributed by atoms with Gasteiger partial charge in [0.15, 0.2) is 0 Å². The van der Waals surface area contributed by atoms with Crippen molar-refractivity contribution in [2.45, 2.75) is 13.0 Å². The van der Waals surface area contributed by atoms with Crippen LogP contribution in [0.5, 0.6) is 0 Å². The van der Waals surface area contributed by atoms with Crippen molar-refractivity contribution in [1.29, 1.82) is 0 Å². The van der Waals surface area contributed by atoms with E-state index in [0.29, 0.717) is 5.56 Å². The standard InChI is InChI=1S/C19H24N4O.2ClH/c1-14-11-20-8-9-23(14)19(24)17-10-16(12-21-13-17)15-4-6-18(7-5-15)22(2)3;;/h4-7,10,12-14,20H,8-9,11H2,1-3H3;2*1H/t14-;;/m1../s1. The molecule has 1 aromatic heterocycles. The molecule has 0 aliphatic carbocycles. The first-order valence-electron chi connectivity index (χ1n) is 8.31. The van der Waals surface area contributed by atoms with Gasteiger partial charge in [0.1, 0.15) is 0 Å². The van der Waals surface area contributed by atoms with Gasteiger partial charge in [0.05, 0.1) is 5.56 Å². The Morgan fingerprint density at radius 1 is 1.15 bits per heavy atom. The van der Waals surface area contributed by atoms with Crippen LogP contribution in [0, 0.1) is 0 Å². The number of benzene rings is 1. The van der Waals surface area contributed by atoms with Gasteiger partial charge in [-0.1, -0.05) is 12.1 Å². The molecule has 0 bridgehead atoms. The first kappa shape index (κ1) is 22.2. The minimum atomic E-state index is 0. The van der Waals surface area contributed by atoms with Crippen molar-refractivity contribution in [3.8, 4) is 11.1 Å². The summed E-state index contributed by atoms with van der Waals surface area (Å²) in [6.07, 6.45) is 3.47. The fraction of sp³-hybridized carbons (Fsp3) is 0.368. The molecule has 1 fully saturated rings. The SMILES string of the molecule is C[C@@H]1CNCCN1C(=O)c1cncc(-c2ccc(N(C)C)cc2)c1.Cl.Cl. The van der Waals surface area contributed by atoms with Crippen molar-refractivity contribution in [2.75, 3.05) is 38.6 Å². The van der Waals surface area contributed by atoms with Crippen molar-refractivity contribution in [3.05, 3.63) is 48.3 Å². The van der Waals surface area contributed by atoms with Gasteiger partial charge in [-0.05, 0) is 30.7 Å². The number of rotatable bonds is 3. The zero-order valence-electron chi connectivity index (χ0n) is 15.3. The van der Waals surface area contributed by atoms with Crippen LogP contribution in [0.15, 0.2) is 42.7 Å². The van der Waals surface area contributed by atoms with Gasteiger partial charge in [-0.15, -0.1) is 24.8 Å². The number of aromatic nitrogens is 1. The summed E-state index contributed by atoms with van der Waals surface area (Å²) in [5.41, 5.74) is 3.83. The summed E-state index contributed by atoms with van der Waals surface area (Å²) in [6, 6.07) is 10.4. The molecule has 1 aliphatic heterocycles. The van der Waals surface area contributed by atoms with Crippen molar-refractivity contribution in [3.63, 3.8) is 0 Å². The Morgan fingerprint density at radius 2 is 1.85 bits per heavy atom. The molecular formula is C19H26Cl2N4O. The maximum absolute atomic E-state index is 12.8. The van der Waals surface area contributed by atoms with E-state index in [1.54, 1.807) is 6.20 Å². The van der Waals surface area contributed by atoms with Gasteiger partial charge in [-0.3, -0.25) is 9.78 Å². The van der Waals surface area contributed by atoms with E-state index in [0.717, 1.165) is 36.4 Å². The summed E-state index contributed by atoms with van der Waals surface area (Å²) in [5, 5.41) is 3.31. The van der Waals surface area contributed by atoms with Gasteiger partial charge in [0.2, 0.25) is 0 Å². The Balaban J connectivity index is 0.00000169. The third-order valence-electron chi connectivity index (χ3n) is 4.46. The van der Waals surface area contributed by atoms with Gasteiger partial charge in [-0.25, -0.2) is 0 Å². The second-order valence-corrected chi connectivity index (χ2v) is 6.46. The van der Waals surface area contributed by atoms with Crippen LogP contribution in [0.25, 0.3) is 11.1 Å². The molecule has 1 saturated heterocycles. The fourth-order valence-corrected chi connectivity index (χ4v) is 2.98. The van der Waals surface area contributed by atoms with E-state index in [9.17, 15) is 4.79 Å². The molecule has 142 valence electrons. The highest BCUT2D eigenvalue weighted by Crippen LogP contribution is 2.23. The lowest BCUT2D eigenvalue weighted by molar-refractivity contribution is 0.0655. The molecule has 0 saturated carbocycles. The summed E-state index contributed by atoms with van der Waals surface area (Å²) in [5.74, 6) is 0.0586. The Labute approximate surface area is 167 Å². The molecular weight excluding hydrogens is 371 g/mol. The van der Waals surface area contributed by atoms with Gasteiger partial charge < -0.3 is 15.1 Å². The predicted molar refractivity (Wildman–Crippen MR) is 112 cm³/mol. The van der Waals surface area contributed by atoms with Gasteiger partial charge in [0, 0.05) is 63.4 Å². The maximum atomic E-state index is 12.8. The minimum absolute atomic E-state index is 0. The Hall–Kier alpha value is -1.82. The molecule has 26 heavy (non-hydrogen) atoms. The average Bonchev–Trinajstić information content (AvgIpc) is 2.62. The number of pyridine rings is 1. The molecule has 1 atom stereocenters. The molecule has 1 aromatic carbocycles. The van der Waals surface area contributed by atoms with E-state index >= 15 is 0 Å². The highest BCUT2D eigenvalue weighted by atomic mass is 35.5. The van der Waals surface area contributed by atoms with Gasteiger partial charge in [-0.2, -0.15) is 0 Å². The monoisotopic (exact) mass is 396 g/mol. The summed E-state index contributed by atoms with van der Waals surface area (Å²) >= 11 is 0. The molecule has 1 amide bonds. The summed E-state index contributed by atoms with van der Waals surface area (Å²) < 4.78 is 0. The van der Waals surface area contributed by atoms with Crippen LogP contribution in [0.2, 0.25) is 0 Å². The smallest absolute Gasteiger partial charge is 0.255 e. The topological polar surface area (TPSA) is 48.5 Å². The lowest BCUT2D eigenvalue weighted by atomic mass is 10.0. The van der Waals surface area contributed by atoms with E-state index in [4.69, 9.17) is 0 Å². The minimum Gasteiger partial charge on any atom is -0.378 e. The van der Waals surface area contributed by atoms with E-state index in [1.807, 2.05) is 31.3 Å². The second kappa shape index (κ2) is 9.76. The highest BCUT2D eigenvalue weighted by Gasteiger charge is 2.24. The number of halogens is 2. The molecule has 1 aliphatic rings. The average molecular weight is 397 g/mol. The Morgan fingerprint density at radius 3 is 2.46 bits per heavy atom. The van der Waals surface area contributed by atoms with Crippen LogP contribution in [0.3, 0.4) is 0 Å². The number of piperazine rings is 1. The lowest BCUT2D eigenvalue weighted by Crippen LogP contribution is -2.52. The second-order valence-electron chi connectivity index (χ2n) is 6.46. The van der Waals surface area contributed by atoms with Crippen LogP contribution in [-0.2, 0) is 0 Å². The van der Waals surface area contributed by atoms with Gasteiger partial charge in [0.25, 0.3) is 5.91 Å². The number of anilines is 1. The number of nitrogens with one attached hydrogen (secondary N) is 1. The molecule has 5 nitrogen and oxygen atoms in total. The van der Waals surface area contributed by atoms with E-state index in [2.05, 4.69) is 46.4 Å². The summed E-state index contributed by atoms with van der Waals surface area (Å²) in [6.45, 7) is 4.49. The molecule has 2 aromatic rings.